The minimum Gasteiger partial charge on any atom is -0.484 e. The van der Waals surface area contributed by atoms with Gasteiger partial charge in [0.1, 0.15) is 11.6 Å². The Bertz CT molecular complexity index is 1100. The normalized spacial score (nSPS) is 15.7. The van der Waals surface area contributed by atoms with E-state index in [1.807, 2.05) is 42.5 Å². The van der Waals surface area contributed by atoms with Gasteiger partial charge in [-0.3, -0.25) is 9.69 Å². The van der Waals surface area contributed by atoms with Gasteiger partial charge in [-0.05, 0) is 73.2 Å². The van der Waals surface area contributed by atoms with E-state index in [-0.39, 0.29) is 17.9 Å². The first-order chi connectivity index (χ1) is 15.7. The van der Waals surface area contributed by atoms with E-state index in [0.29, 0.717) is 5.75 Å². The molecule has 1 aromatic heterocycles. The predicted molar refractivity (Wildman–Crippen MR) is 134 cm³/mol. The summed E-state index contributed by atoms with van der Waals surface area (Å²) in [6, 6.07) is 13.8. The van der Waals surface area contributed by atoms with Crippen molar-refractivity contribution in [2.75, 3.05) is 25.0 Å². The molecule has 33 heavy (non-hydrogen) atoms. The van der Waals surface area contributed by atoms with Crippen molar-refractivity contribution in [3.63, 3.8) is 0 Å². The number of aryl methyl sites for hydroxylation is 1. The van der Waals surface area contributed by atoms with Gasteiger partial charge in [-0.2, -0.15) is 0 Å². The number of hydrogen-bond donors (Lipinski definition) is 1. The molecule has 3 aromatic rings. The molecule has 0 unspecified atom stereocenters. The Kier molecular flexibility index (Phi) is 6.75. The number of aromatic nitrogens is 2. The molecule has 2 aromatic carbocycles. The maximum Gasteiger partial charge on any atom is 0.262 e. The number of imidazole rings is 1. The van der Waals surface area contributed by atoms with Crippen LogP contribution in [-0.4, -0.2) is 40.1 Å². The van der Waals surface area contributed by atoms with Crippen LogP contribution in [0.4, 0.5) is 5.69 Å². The summed E-state index contributed by atoms with van der Waals surface area (Å²) in [5.74, 6) is 2.38. The van der Waals surface area contributed by atoms with Crippen molar-refractivity contribution in [2.24, 2.45) is 13.0 Å². The second-order valence-electron chi connectivity index (χ2n) is 10.4. The SMILES string of the molecule is CC1CCN(Cc2nc3cc(NC(=O)COc4ccc(C(C)(C)C)cc4)ccc3n2C)CC1. The average Bonchev–Trinajstić information content (AvgIpc) is 3.08. The van der Waals surface area contributed by atoms with Gasteiger partial charge in [-0.15, -0.1) is 0 Å². The van der Waals surface area contributed by atoms with Crippen LogP contribution in [-0.2, 0) is 23.8 Å². The van der Waals surface area contributed by atoms with Gasteiger partial charge in [0, 0.05) is 12.7 Å². The van der Waals surface area contributed by atoms with Gasteiger partial charge < -0.3 is 14.6 Å². The number of hydrogen-bond acceptors (Lipinski definition) is 4. The van der Waals surface area contributed by atoms with Crippen LogP contribution in [0.3, 0.4) is 0 Å². The van der Waals surface area contributed by atoms with Crippen molar-refractivity contribution in [2.45, 2.75) is 52.5 Å². The van der Waals surface area contributed by atoms with E-state index in [1.54, 1.807) is 0 Å². The summed E-state index contributed by atoms with van der Waals surface area (Å²) < 4.78 is 7.83. The lowest BCUT2D eigenvalue weighted by atomic mass is 9.87. The summed E-state index contributed by atoms with van der Waals surface area (Å²) in [6.45, 7) is 11.9. The van der Waals surface area contributed by atoms with Crippen molar-refractivity contribution in [3.8, 4) is 5.75 Å². The number of piperidine rings is 1. The Morgan fingerprint density at radius 2 is 1.82 bits per heavy atom. The molecule has 6 nitrogen and oxygen atoms in total. The zero-order valence-corrected chi connectivity index (χ0v) is 20.5. The van der Waals surface area contributed by atoms with Gasteiger partial charge in [0.15, 0.2) is 6.61 Å². The molecule has 1 fully saturated rings. The lowest BCUT2D eigenvalue weighted by molar-refractivity contribution is -0.118. The number of carbonyl (C=O) groups is 1. The zero-order chi connectivity index (χ0) is 23.6. The van der Waals surface area contributed by atoms with Crippen LogP contribution in [0.5, 0.6) is 5.75 Å². The summed E-state index contributed by atoms with van der Waals surface area (Å²) in [4.78, 5) is 19.8. The number of ether oxygens (including phenoxy) is 1. The quantitative estimate of drug-likeness (QED) is 0.569. The van der Waals surface area contributed by atoms with E-state index < -0.39 is 0 Å². The molecule has 6 heteroatoms. The Labute approximate surface area is 196 Å². The van der Waals surface area contributed by atoms with Crippen LogP contribution in [0.2, 0.25) is 0 Å². The number of fused-ring (bicyclic) bond motifs is 1. The van der Waals surface area contributed by atoms with Crippen LogP contribution in [0.15, 0.2) is 42.5 Å². The fraction of sp³-hybridized carbons (Fsp3) is 0.481. The minimum absolute atomic E-state index is 0.0340. The number of rotatable bonds is 6. The molecule has 1 amide bonds. The predicted octanol–water partition coefficient (Wildman–Crippen LogP) is 5.12. The molecule has 176 valence electrons. The van der Waals surface area contributed by atoms with Crippen molar-refractivity contribution in [1.29, 1.82) is 0 Å². The summed E-state index contributed by atoms with van der Waals surface area (Å²) in [5, 5.41) is 2.93. The first-order valence-corrected chi connectivity index (χ1v) is 11.9. The molecule has 2 heterocycles. The molecule has 0 aliphatic carbocycles. The molecule has 0 atom stereocenters. The topological polar surface area (TPSA) is 59.4 Å². The number of carbonyl (C=O) groups excluding carboxylic acids is 1. The molecule has 4 rings (SSSR count). The van der Waals surface area contributed by atoms with Crippen molar-refractivity contribution < 1.29 is 9.53 Å². The van der Waals surface area contributed by atoms with Crippen LogP contribution in [0.25, 0.3) is 11.0 Å². The summed E-state index contributed by atoms with van der Waals surface area (Å²) in [5.41, 5.74) is 4.03. The van der Waals surface area contributed by atoms with E-state index in [4.69, 9.17) is 9.72 Å². The van der Waals surface area contributed by atoms with Crippen LogP contribution in [0, 0.1) is 5.92 Å². The van der Waals surface area contributed by atoms with Crippen LogP contribution in [0.1, 0.15) is 51.9 Å². The highest BCUT2D eigenvalue weighted by Gasteiger charge is 2.18. The lowest BCUT2D eigenvalue weighted by Gasteiger charge is -2.29. The Hall–Kier alpha value is -2.86. The molecule has 0 saturated carbocycles. The van der Waals surface area contributed by atoms with E-state index in [1.165, 1.54) is 18.4 Å². The molecule has 1 aliphatic heterocycles. The number of nitrogens with one attached hydrogen (secondary N) is 1. The van der Waals surface area contributed by atoms with Gasteiger partial charge in [0.05, 0.1) is 17.6 Å². The van der Waals surface area contributed by atoms with E-state index in [2.05, 4.69) is 49.5 Å². The summed E-state index contributed by atoms with van der Waals surface area (Å²) in [7, 11) is 2.06. The number of anilines is 1. The minimum atomic E-state index is -0.187. The average molecular weight is 449 g/mol. The second-order valence-corrected chi connectivity index (χ2v) is 10.4. The highest BCUT2D eigenvalue weighted by Crippen LogP contribution is 2.25. The van der Waals surface area contributed by atoms with Gasteiger partial charge in [0.2, 0.25) is 0 Å². The highest BCUT2D eigenvalue weighted by molar-refractivity contribution is 5.94. The summed E-state index contributed by atoms with van der Waals surface area (Å²) >= 11 is 0. The number of likely N-dealkylation sites (tertiary alicyclic amines) is 1. The van der Waals surface area contributed by atoms with E-state index in [9.17, 15) is 4.79 Å². The molecule has 1 N–H and O–H groups in total. The second kappa shape index (κ2) is 9.56. The molecular weight excluding hydrogens is 412 g/mol. The molecule has 0 radical (unpaired) electrons. The van der Waals surface area contributed by atoms with Crippen LogP contribution < -0.4 is 10.1 Å². The molecule has 0 spiro atoms. The van der Waals surface area contributed by atoms with Gasteiger partial charge in [0.25, 0.3) is 5.91 Å². The Balaban J connectivity index is 1.36. The van der Waals surface area contributed by atoms with Crippen molar-refractivity contribution >= 4 is 22.6 Å². The number of amides is 1. The first-order valence-electron chi connectivity index (χ1n) is 11.9. The smallest absolute Gasteiger partial charge is 0.262 e. The third-order valence-corrected chi connectivity index (χ3v) is 6.59. The third kappa shape index (κ3) is 5.74. The van der Waals surface area contributed by atoms with Gasteiger partial charge in [-0.25, -0.2) is 4.98 Å². The molecule has 1 aliphatic rings. The Morgan fingerprint density at radius 3 is 2.48 bits per heavy atom. The fourth-order valence-corrected chi connectivity index (χ4v) is 4.29. The van der Waals surface area contributed by atoms with Crippen molar-refractivity contribution in [1.82, 2.24) is 14.5 Å². The van der Waals surface area contributed by atoms with E-state index in [0.717, 1.165) is 48.1 Å². The van der Waals surface area contributed by atoms with Gasteiger partial charge in [-0.1, -0.05) is 39.8 Å². The molecule has 1 saturated heterocycles. The zero-order valence-electron chi connectivity index (χ0n) is 20.5. The van der Waals surface area contributed by atoms with E-state index >= 15 is 0 Å². The monoisotopic (exact) mass is 448 g/mol. The molecule has 0 bridgehead atoms. The Morgan fingerprint density at radius 1 is 1.12 bits per heavy atom. The first kappa shape index (κ1) is 23.3. The molecular formula is C27H36N4O2. The summed E-state index contributed by atoms with van der Waals surface area (Å²) in [6.07, 6.45) is 2.51. The standard InChI is InChI=1S/C27H36N4O2/c1-19-12-14-31(15-13-19)17-25-29-23-16-21(8-11-24(23)30(25)5)28-26(32)18-33-22-9-6-20(7-10-22)27(2,3)4/h6-11,16,19H,12-15,17-18H2,1-5H3,(H,28,32). The highest BCUT2D eigenvalue weighted by atomic mass is 16.5. The van der Waals surface area contributed by atoms with Crippen molar-refractivity contribution in [3.05, 3.63) is 53.9 Å². The largest absolute Gasteiger partial charge is 0.484 e. The number of nitrogens with zero attached hydrogens (tertiary/aromatic N) is 3. The van der Waals surface area contributed by atoms with Gasteiger partial charge >= 0.3 is 0 Å². The van der Waals surface area contributed by atoms with Crippen LogP contribution >= 0.6 is 0 Å². The maximum absolute atomic E-state index is 12.4. The number of benzene rings is 2. The lowest BCUT2D eigenvalue weighted by Crippen LogP contribution is -2.33. The fourth-order valence-electron chi connectivity index (χ4n) is 4.29. The third-order valence-electron chi connectivity index (χ3n) is 6.59. The maximum atomic E-state index is 12.4.